The van der Waals surface area contributed by atoms with Crippen molar-refractivity contribution in [3.8, 4) is 0 Å². The predicted molar refractivity (Wildman–Crippen MR) is 147 cm³/mol. The van der Waals surface area contributed by atoms with Gasteiger partial charge in [-0.2, -0.15) is 13.2 Å². The molecular weight excluding hydrogens is 503 g/mol. The number of carbonyl (C=O) groups excluding carboxylic acids is 2. The lowest BCUT2D eigenvalue weighted by atomic mass is 9.90. The lowest BCUT2D eigenvalue weighted by molar-refractivity contribution is -0.137. The van der Waals surface area contributed by atoms with Crippen LogP contribution in [0.25, 0.3) is 0 Å². The van der Waals surface area contributed by atoms with Gasteiger partial charge in [0.1, 0.15) is 0 Å². The molecule has 3 aromatic carbocycles. The summed E-state index contributed by atoms with van der Waals surface area (Å²) in [5.41, 5.74) is 3.90. The molecule has 0 aliphatic carbocycles. The highest BCUT2D eigenvalue weighted by Gasteiger charge is 2.31. The van der Waals surface area contributed by atoms with Crippen molar-refractivity contribution in [2.45, 2.75) is 44.7 Å². The first-order valence-electron chi connectivity index (χ1n) is 13.3. The Labute approximate surface area is 227 Å². The molecule has 3 N–H and O–H groups in total. The average molecular weight is 538 g/mol. The van der Waals surface area contributed by atoms with E-state index in [0.29, 0.717) is 30.7 Å². The second kappa shape index (κ2) is 12.9. The van der Waals surface area contributed by atoms with E-state index in [9.17, 15) is 22.8 Å². The fourth-order valence-electron chi connectivity index (χ4n) is 4.94. The SMILES string of the molecule is CNC(=O)c1cccc(Cc2ccc(CCC(=O)Nc3cc(C(F)(F)F)ccc3CC3CCNCC3)cc2)c1. The number of piperidine rings is 1. The van der Waals surface area contributed by atoms with Crippen LogP contribution >= 0.6 is 0 Å². The van der Waals surface area contributed by atoms with Crippen molar-refractivity contribution < 1.29 is 22.8 Å². The van der Waals surface area contributed by atoms with Gasteiger partial charge in [-0.15, -0.1) is 0 Å². The molecule has 0 radical (unpaired) electrons. The molecule has 0 atom stereocenters. The Morgan fingerprint density at radius 2 is 1.64 bits per heavy atom. The van der Waals surface area contributed by atoms with Crippen LogP contribution in [0.1, 0.15) is 57.4 Å². The third kappa shape index (κ3) is 8.17. The summed E-state index contributed by atoms with van der Waals surface area (Å²) in [5.74, 6) is -0.0616. The molecule has 0 spiro atoms. The van der Waals surface area contributed by atoms with Gasteiger partial charge in [0.25, 0.3) is 5.91 Å². The normalized spacial score (nSPS) is 14.2. The van der Waals surface area contributed by atoms with E-state index < -0.39 is 11.7 Å². The van der Waals surface area contributed by atoms with E-state index in [-0.39, 0.29) is 23.9 Å². The summed E-state index contributed by atoms with van der Waals surface area (Å²) < 4.78 is 40.1. The largest absolute Gasteiger partial charge is 0.416 e. The van der Waals surface area contributed by atoms with Gasteiger partial charge in [0.05, 0.1) is 5.56 Å². The number of halogens is 3. The van der Waals surface area contributed by atoms with Crippen molar-refractivity contribution in [3.63, 3.8) is 0 Å². The monoisotopic (exact) mass is 537 g/mol. The Hall–Kier alpha value is -3.65. The Kier molecular flexibility index (Phi) is 9.41. The number of amides is 2. The maximum absolute atomic E-state index is 13.4. The van der Waals surface area contributed by atoms with Crippen LogP contribution in [-0.4, -0.2) is 32.0 Å². The summed E-state index contributed by atoms with van der Waals surface area (Å²) in [6.07, 6.45) is -0.604. The summed E-state index contributed by atoms with van der Waals surface area (Å²) in [6.45, 7) is 1.79. The number of hydrogen-bond acceptors (Lipinski definition) is 3. The minimum Gasteiger partial charge on any atom is -0.355 e. The second-order valence-corrected chi connectivity index (χ2v) is 10.1. The molecule has 0 aromatic heterocycles. The molecule has 4 rings (SSSR count). The van der Waals surface area contributed by atoms with E-state index >= 15 is 0 Å². The van der Waals surface area contributed by atoms with Crippen molar-refractivity contribution >= 4 is 17.5 Å². The van der Waals surface area contributed by atoms with Crippen molar-refractivity contribution in [1.82, 2.24) is 10.6 Å². The van der Waals surface area contributed by atoms with Crippen LogP contribution < -0.4 is 16.0 Å². The van der Waals surface area contributed by atoms with E-state index in [4.69, 9.17) is 0 Å². The maximum Gasteiger partial charge on any atom is 0.416 e. The number of nitrogens with one attached hydrogen (secondary N) is 3. The van der Waals surface area contributed by atoms with Crippen molar-refractivity contribution in [1.29, 1.82) is 0 Å². The molecule has 5 nitrogen and oxygen atoms in total. The van der Waals surface area contributed by atoms with Gasteiger partial charge in [0.15, 0.2) is 0 Å². The zero-order valence-electron chi connectivity index (χ0n) is 22.0. The molecule has 8 heteroatoms. The van der Waals surface area contributed by atoms with Crippen molar-refractivity contribution in [3.05, 3.63) is 100 Å². The average Bonchev–Trinajstić information content (AvgIpc) is 2.93. The smallest absolute Gasteiger partial charge is 0.355 e. The molecule has 0 saturated carbocycles. The number of alkyl halides is 3. The molecule has 1 heterocycles. The number of benzene rings is 3. The predicted octanol–water partition coefficient (Wildman–Crippen LogP) is 5.77. The van der Waals surface area contributed by atoms with Gasteiger partial charge in [-0.3, -0.25) is 9.59 Å². The van der Waals surface area contributed by atoms with Gasteiger partial charge in [-0.1, -0.05) is 42.5 Å². The first-order valence-corrected chi connectivity index (χ1v) is 13.3. The first kappa shape index (κ1) is 28.4. The van der Waals surface area contributed by atoms with Crippen LogP contribution in [0.15, 0.2) is 66.7 Å². The topological polar surface area (TPSA) is 70.2 Å². The molecule has 1 aliphatic heterocycles. The molecule has 3 aromatic rings. The van der Waals surface area contributed by atoms with Crippen LogP contribution in [0.5, 0.6) is 0 Å². The summed E-state index contributed by atoms with van der Waals surface area (Å²) in [7, 11) is 1.60. The third-order valence-corrected chi connectivity index (χ3v) is 7.17. The molecule has 1 aliphatic rings. The summed E-state index contributed by atoms with van der Waals surface area (Å²) in [6, 6.07) is 19.0. The minimum atomic E-state index is -4.47. The number of rotatable bonds is 9. The van der Waals surface area contributed by atoms with Gasteiger partial charge in [-0.05, 0) is 97.6 Å². The molecule has 0 unspecified atom stereocenters. The number of carbonyl (C=O) groups is 2. The first-order chi connectivity index (χ1) is 18.7. The van der Waals surface area contributed by atoms with Gasteiger partial charge >= 0.3 is 6.18 Å². The molecule has 39 heavy (non-hydrogen) atoms. The van der Waals surface area contributed by atoms with Crippen molar-refractivity contribution in [2.24, 2.45) is 5.92 Å². The lowest BCUT2D eigenvalue weighted by Crippen LogP contribution is -2.29. The number of hydrogen-bond donors (Lipinski definition) is 3. The second-order valence-electron chi connectivity index (χ2n) is 10.1. The summed E-state index contributed by atoms with van der Waals surface area (Å²) in [5, 5.41) is 8.68. The fraction of sp³-hybridized carbons (Fsp3) is 0.355. The maximum atomic E-state index is 13.4. The highest BCUT2D eigenvalue weighted by Crippen LogP contribution is 2.33. The molecule has 1 fully saturated rings. The molecule has 1 saturated heterocycles. The van der Waals surface area contributed by atoms with E-state index in [1.807, 2.05) is 42.5 Å². The highest BCUT2D eigenvalue weighted by atomic mass is 19.4. The Morgan fingerprint density at radius 3 is 2.33 bits per heavy atom. The van der Waals surface area contributed by atoms with E-state index in [1.54, 1.807) is 13.1 Å². The van der Waals surface area contributed by atoms with E-state index in [0.717, 1.165) is 60.3 Å². The van der Waals surface area contributed by atoms with Crippen LogP contribution in [0.4, 0.5) is 18.9 Å². The van der Waals surface area contributed by atoms with Crippen molar-refractivity contribution in [2.75, 3.05) is 25.5 Å². The Bertz CT molecular complexity index is 1280. The zero-order chi connectivity index (χ0) is 27.8. The van der Waals surface area contributed by atoms with Crippen LogP contribution in [0.3, 0.4) is 0 Å². The van der Waals surface area contributed by atoms with Crippen LogP contribution in [-0.2, 0) is 30.2 Å². The fourth-order valence-corrected chi connectivity index (χ4v) is 4.94. The summed E-state index contributed by atoms with van der Waals surface area (Å²) in [4.78, 5) is 24.7. The van der Waals surface area contributed by atoms with Gasteiger partial charge in [0.2, 0.25) is 5.91 Å². The lowest BCUT2D eigenvalue weighted by Gasteiger charge is -2.24. The minimum absolute atomic E-state index is 0.131. The quantitative estimate of drug-likeness (QED) is 0.325. The number of anilines is 1. The van der Waals surface area contributed by atoms with Crippen LogP contribution in [0, 0.1) is 5.92 Å². The Balaban J connectivity index is 1.36. The van der Waals surface area contributed by atoms with Gasteiger partial charge in [0, 0.05) is 24.7 Å². The zero-order valence-corrected chi connectivity index (χ0v) is 22.0. The number of aryl methyl sites for hydroxylation is 1. The van der Waals surface area contributed by atoms with E-state index in [2.05, 4.69) is 16.0 Å². The highest BCUT2D eigenvalue weighted by molar-refractivity contribution is 5.94. The van der Waals surface area contributed by atoms with Gasteiger partial charge < -0.3 is 16.0 Å². The Morgan fingerprint density at radius 1 is 0.923 bits per heavy atom. The van der Waals surface area contributed by atoms with Gasteiger partial charge in [-0.25, -0.2) is 0 Å². The molecule has 206 valence electrons. The standard InChI is InChI=1S/C31H34F3N3O2/c1-35-30(39)26-4-2-3-24(19-26)17-22-7-5-21(6-8-22)9-12-29(38)37-28-20-27(31(32,33)34)11-10-25(28)18-23-13-15-36-16-14-23/h2-8,10-11,19-20,23,36H,9,12-18H2,1H3,(H,35,39)(H,37,38). The molecular formula is C31H34F3N3O2. The van der Waals surface area contributed by atoms with E-state index in [1.165, 1.54) is 6.07 Å². The molecule has 2 amide bonds. The summed E-state index contributed by atoms with van der Waals surface area (Å²) >= 11 is 0. The third-order valence-electron chi connectivity index (χ3n) is 7.17. The molecule has 0 bridgehead atoms. The van der Waals surface area contributed by atoms with Crippen LogP contribution in [0.2, 0.25) is 0 Å².